The van der Waals surface area contributed by atoms with Crippen LogP contribution in [0.5, 0.6) is 0 Å². The Bertz CT molecular complexity index is 221. The van der Waals surface area contributed by atoms with E-state index in [0.717, 1.165) is 0 Å². The number of aliphatic hydroxyl groups is 1. The largest absolute Gasteiger partial charge is 1.00 e. The van der Waals surface area contributed by atoms with E-state index >= 15 is 0 Å². The van der Waals surface area contributed by atoms with Gasteiger partial charge < -0.3 is 26.1 Å². The van der Waals surface area contributed by atoms with Gasteiger partial charge in [0.05, 0.1) is 6.16 Å². The van der Waals surface area contributed by atoms with Gasteiger partial charge in [-0.15, -0.1) is 0 Å². The van der Waals surface area contributed by atoms with E-state index in [9.17, 15) is 9.13 Å². The molecule has 1 atom stereocenters. The maximum Gasteiger partial charge on any atom is 1.00 e. The minimum atomic E-state index is -4.79. The van der Waals surface area contributed by atoms with Crippen LogP contribution in [0.15, 0.2) is 0 Å². The molecular formula is C2H9LiO7P2. The van der Waals surface area contributed by atoms with Gasteiger partial charge in [-0.3, -0.25) is 9.13 Å². The smallest absolute Gasteiger partial charge is 1.00 e. The zero-order chi connectivity index (χ0) is 9.28. The second-order valence-electron chi connectivity index (χ2n) is 1.92. The van der Waals surface area contributed by atoms with Crippen LogP contribution in [0.2, 0.25) is 0 Å². The average Bonchev–Trinajstić information content (AvgIpc) is 1.56. The minimum Gasteiger partial charge on any atom is -1.00 e. The summed E-state index contributed by atoms with van der Waals surface area (Å²) >= 11 is 0. The van der Waals surface area contributed by atoms with Gasteiger partial charge in [-0.05, 0) is 0 Å². The van der Waals surface area contributed by atoms with Crippen LogP contribution in [0, 0.1) is 0 Å². The van der Waals surface area contributed by atoms with Crippen molar-refractivity contribution >= 4 is 15.2 Å². The molecule has 0 radical (unpaired) electrons. The first-order valence-electron chi connectivity index (χ1n) is 2.41. The quantitative estimate of drug-likeness (QED) is 0.237. The van der Waals surface area contributed by atoms with Crippen molar-refractivity contribution in [3.05, 3.63) is 0 Å². The van der Waals surface area contributed by atoms with Crippen LogP contribution in [-0.2, 0) is 9.13 Å². The van der Waals surface area contributed by atoms with Gasteiger partial charge in [-0.2, -0.15) is 0 Å². The molecule has 10 heteroatoms. The number of hydrogen-bond donors (Lipinski definition) is 5. The predicted octanol–water partition coefficient (Wildman–Crippen LogP) is -4.22. The molecule has 0 amide bonds. The van der Waals surface area contributed by atoms with E-state index in [4.69, 9.17) is 24.7 Å². The van der Waals surface area contributed by atoms with Gasteiger partial charge in [0.1, 0.15) is 0 Å². The molecule has 1 unspecified atom stereocenters. The molecule has 0 aromatic heterocycles. The van der Waals surface area contributed by atoms with Crippen molar-refractivity contribution < 1.29 is 54.1 Å². The van der Waals surface area contributed by atoms with Crippen molar-refractivity contribution in [2.75, 3.05) is 6.16 Å². The molecule has 0 bridgehead atoms. The summed E-state index contributed by atoms with van der Waals surface area (Å²) in [5, 5.41) is 8.47. The molecule has 0 spiro atoms. The van der Waals surface area contributed by atoms with Gasteiger partial charge in [0, 0.05) is 0 Å². The number of hydrogen-bond acceptors (Lipinski definition) is 3. The summed E-state index contributed by atoms with van der Waals surface area (Å²) in [4.78, 5) is 32.7. The molecule has 0 aliphatic heterocycles. The first-order chi connectivity index (χ1) is 4.63. The zero-order valence-corrected chi connectivity index (χ0v) is 8.02. The van der Waals surface area contributed by atoms with Gasteiger partial charge in [0.2, 0.25) is 0 Å². The third-order valence-electron chi connectivity index (χ3n) is 0.789. The van der Waals surface area contributed by atoms with E-state index in [2.05, 4.69) is 0 Å². The van der Waals surface area contributed by atoms with Crippen LogP contribution in [-0.4, -0.2) is 36.7 Å². The SMILES string of the molecule is O=P(O)(O)CC(O)P(=O)(O)O.[H-].[Li+]. The van der Waals surface area contributed by atoms with Crippen molar-refractivity contribution in [1.82, 2.24) is 0 Å². The first-order valence-corrected chi connectivity index (χ1v) is 5.89. The molecule has 0 saturated carbocycles. The third kappa shape index (κ3) is 7.50. The van der Waals surface area contributed by atoms with E-state index < -0.39 is 27.2 Å². The Morgan fingerprint density at radius 2 is 1.50 bits per heavy atom. The Hall–Kier alpha value is 0.857. The fourth-order valence-electron chi connectivity index (χ4n) is 0.319. The zero-order valence-electron chi connectivity index (χ0n) is 7.23. The summed E-state index contributed by atoms with van der Waals surface area (Å²) in [6.45, 7) is 0. The molecule has 0 saturated heterocycles. The molecule has 0 aromatic carbocycles. The Morgan fingerprint density at radius 3 is 1.58 bits per heavy atom. The van der Waals surface area contributed by atoms with Gasteiger partial charge in [0.25, 0.3) is 0 Å². The molecule has 5 N–H and O–H groups in total. The van der Waals surface area contributed by atoms with E-state index in [1.165, 1.54) is 0 Å². The van der Waals surface area contributed by atoms with Crippen LogP contribution in [0.1, 0.15) is 1.43 Å². The molecule has 0 aliphatic rings. The van der Waals surface area contributed by atoms with Crippen LogP contribution in [0.3, 0.4) is 0 Å². The molecule has 0 rings (SSSR count). The van der Waals surface area contributed by atoms with E-state index in [1.54, 1.807) is 0 Å². The molecule has 0 fully saturated rings. The molecular weight excluding hydrogens is 205 g/mol. The van der Waals surface area contributed by atoms with Crippen molar-refractivity contribution in [1.29, 1.82) is 0 Å². The summed E-state index contributed by atoms with van der Waals surface area (Å²) in [7, 11) is -9.35. The van der Waals surface area contributed by atoms with Crippen molar-refractivity contribution in [3.8, 4) is 0 Å². The maximum atomic E-state index is 10.1. The molecule has 0 heterocycles. The number of aliphatic hydroxyl groups excluding tert-OH is 1. The Morgan fingerprint density at radius 1 is 1.17 bits per heavy atom. The molecule has 0 aromatic rings. The van der Waals surface area contributed by atoms with Gasteiger partial charge in [-0.1, -0.05) is 0 Å². The maximum absolute atomic E-state index is 10.1. The van der Waals surface area contributed by atoms with Crippen LogP contribution >= 0.6 is 15.2 Å². The summed E-state index contributed by atoms with van der Waals surface area (Å²) < 4.78 is 20.2. The molecule has 70 valence electrons. The first kappa shape index (κ1) is 15.3. The normalized spacial score (nSPS) is 15.1. The Labute approximate surface area is 81.8 Å². The fourth-order valence-corrected chi connectivity index (χ4v) is 2.23. The summed E-state index contributed by atoms with van der Waals surface area (Å²) in [5.74, 6) is -2.29. The summed E-state index contributed by atoms with van der Waals surface area (Å²) in [6, 6.07) is 0. The second-order valence-corrected chi connectivity index (χ2v) is 5.39. The summed E-state index contributed by atoms with van der Waals surface area (Å²) in [5.41, 5.74) is 0. The van der Waals surface area contributed by atoms with E-state index in [0.29, 0.717) is 0 Å². The van der Waals surface area contributed by atoms with Gasteiger partial charge in [0.15, 0.2) is 5.85 Å². The van der Waals surface area contributed by atoms with Gasteiger partial charge in [-0.25, -0.2) is 0 Å². The third-order valence-corrected chi connectivity index (χ3v) is 2.86. The van der Waals surface area contributed by atoms with Crippen molar-refractivity contribution in [3.63, 3.8) is 0 Å². The molecule has 12 heavy (non-hydrogen) atoms. The number of rotatable bonds is 3. The monoisotopic (exact) mass is 214 g/mol. The van der Waals surface area contributed by atoms with Crippen LogP contribution in [0.25, 0.3) is 0 Å². The predicted molar refractivity (Wildman–Crippen MR) is 36.1 cm³/mol. The van der Waals surface area contributed by atoms with Gasteiger partial charge >= 0.3 is 34.1 Å². The topological polar surface area (TPSA) is 135 Å². The van der Waals surface area contributed by atoms with Crippen molar-refractivity contribution in [2.24, 2.45) is 0 Å². The molecule has 7 nitrogen and oxygen atoms in total. The Kier molecular flexibility index (Phi) is 6.29. The summed E-state index contributed by atoms with van der Waals surface area (Å²) in [6.07, 6.45) is -1.22. The average molecular weight is 214 g/mol. The minimum absolute atomic E-state index is 0. The van der Waals surface area contributed by atoms with E-state index in [1.807, 2.05) is 0 Å². The van der Waals surface area contributed by atoms with E-state index in [-0.39, 0.29) is 20.3 Å². The Balaban J connectivity index is -0.000000500. The second kappa shape index (κ2) is 4.92. The van der Waals surface area contributed by atoms with Crippen LogP contribution in [0.4, 0.5) is 0 Å². The molecule has 0 aliphatic carbocycles. The van der Waals surface area contributed by atoms with Crippen molar-refractivity contribution in [2.45, 2.75) is 5.85 Å². The fraction of sp³-hybridized carbons (Fsp3) is 1.00. The van der Waals surface area contributed by atoms with Crippen LogP contribution < -0.4 is 18.9 Å². The standard InChI is InChI=1S/C2H8O7P2.Li.H/c3-2(11(7,8)9)1-10(4,5)6;;/h2-3H,1H2,(H2,4,5,6)(H2,7,8,9);;/q;+1;-1.